The molecule has 0 saturated carbocycles. The van der Waals surface area contributed by atoms with Crippen LogP contribution >= 0.6 is 0 Å². The van der Waals surface area contributed by atoms with Crippen molar-refractivity contribution in [3.05, 3.63) is 58.9 Å². The van der Waals surface area contributed by atoms with Crippen LogP contribution in [0.25, 0.3) is 17.2 Å². The summed E-state index contributed by atoms with van der Waals surface area (Å²) in [5, 5.41) is 9.79. The van der Waals surface area contributed by atoms with E-state index in [1.54, 1.807) is 0 Å². The van der Waals surface area contributed by atoms with Crippen molar-refractivity contribution in [3.63, 3.8) is 0 Å². The molecule has 0 radical (unpaired) electrons. The lowest BCUT2D eigenvalue weighted by Crippen LogP contribution is -2.06. The lowest BCUT2D eigenvalue weighted by molar-refractivity contribution is 0.282. The number of benzene rings is 1. The molecule has 0 atom stereocenters. The van der Waals surface area contributed by atoms with Crippen molar-refractivity contribution in [2.24, 2.45) is 0 Å². The molecule has 2 aromatic rings. The number of rotatable bonds is 8. The molecule has 1 aromatic carbocycles. The summed E-state index contributed by atoms with van der Waals surface area (Å²) in [7, 11) is 0. The second-order valence-corrected chi connectivity index (χ2v) is 7.56. The van der Waals surface area contributed by atoms with E-state index in [0.29, 0.717) is 11.8 Å². The lowest BCUT2D eigenvalue weighted by Gasteiger charge is -2.19. The minimum Gasteiger partial charge on any atom is -0.392 e. The first-order chi connectivity index (χ1) is 12.5. The van der Waals surface area contributed by atoms with Gasteiger partial charge < -0.3 is 5.11 Å². The van der Waals surface area contributed by atoms with Gasteiger partial charge in [-0.3, -0.25) is 4.98 Å². The summed E-state index contributed by atoms with van der Waals surface area (Å²) in [6, 6.07) is 10.4. The fourth-order valence-electron chi connectivity index (χ4n) is 3.26. The zero-order valence-electron chi connectivity index (χ0n) is 16.9. The minimum absolute atomic E-state index is 0.0430. The van der Waals surface area contributed by atoms with Crippen molar-refractivity contribution in [1.29, 1.82) is 0 Å². The van der Waals surface area contributed by atoms with Crippen LogP contribution in [-0.2, 0) is 6.61 Å². The first-order valence-electron chi connectivity index (χ1n) is 9.90. The number of nitrogens with zero attached hydrogens (tertiary/aromatic N) is 1. The number of unbranched alkanes of at least 4 members (excludes halogenated alkanes) is 2. The molecule has 2 nitrogen and oxygen atoms in total. The Labute approximate surface area is 159 Å². The molecule has 2 rings (SSSR count). The van der Waals surface area contributed by atoms with Crippen molar-refractivity contribution >= 4 is 6.08 Å². The maximum absolute atomic E-state index is 9.79. The Morgan fingerprint density at radius 2 is 1.69 bits per heavy atom. The number of allylic oxidation sites excluding steroid dienone is 1. The van der Waals surface area contributed by atoms with Gasteiger partial charge in [-0.2, -0.15) is 0 Å². The minimum atomic E-state index is 0.0430. The Morgan fingerprint density at radius 3 is 2.31 bits per heavy atom. The second kappa shape index (κ2) is 9.68. The molecule has 140 valence electrons. The molecular weight excluding hydrogens is 318 g/mol. The van der Waals surface area contributed by atoms with Gasteiger partial charge in [0.05, 0.1) is 18.0 Å². The average molecular weight is 352 g/mol. The fourth-order valence-corrected chi connectivity index (χ4v) is 3.26. The number of aliphatic hydroxyl groups is 1. The molecule has 0 saturated heterocycles. The summed E-state index contributed by atoms with van der Waals surface area (Å²) in [6.07, 6.45) is 8.02. The molecule has 0 unspecified atom stereocenters. The Morgan fingerprint density at radius 1 is 1.00 bits per heavy atom. The van der Waals surface area contributed by atoms with Crippen LogP contribution in [0, 0.1) is 0 Å². The van der Waals surface area contributed by atoms with Gasteiger partial charge in [0, 0.05) is 5.56 Å². The summed E-state index contributed by atoms with van der Waals surface area (Å²) in [4.78, 5) is 5.09. The highest BCUT2D eigenvalue weighted by Crippen LogP contribution is 2.34. The van der Waals surface area contributed by atoms with Gasteiger partial charge >= 0.3 is 0 Å². The molecule has 1 N–H and O–H groups in total. The van der Waals surface area contributed by atoms with Crippen molar-refractivity contribution in [2.45, 2.75) is 72.3 Å². The summed E-state index contributed by atoms with van der Waals surface area (Å²) in [6.45, 7) is 11.1. The number of aromatic nitrogens is 1. The van der Waals surface area contributed by atoms with Gasteiger partial charge in [0.2, 0.25) is 0 Å². The molecule has 0 aliphatic carbocycles. The van der Waals surface area contributed by atoms with Crippen LogP contribution in [0.2, 0.25) is 0 Å². The first-order valence-corrected chi connectivity index (χ1v) is 9.90. The number of pyridine rings is 1. The van der Waals surface area contributed by atoms with Crippen LogP contribution in [0.5, 0.6) is 0 Å². The molecule has 0 amide bonds. The summed E-state index contributed by atoms with van der Waals surface area (Å²) >= 11 is 0. The smallest absolute Gasteiger partial charge is 0.0687 e. The number of aliphatic hydroxyl groups excluding tert-OH is 1. The zero-order chi connectivity index (χ0) is 19.1. The number of hydrogen-bond donors (Lipinski definition) is 1. The van der Waals surface area contributed by atoms with Gasteiger partial charge in [-0.15, -0.1) is 0 Å². The molecule has 0 aliphatic rings. The first kappa shape index (κ1) is 20.4. The normalized spacial score (nSPS) is 11.8. The van der Waals surface area contributed by atoms with Crippen LogP contribution in [0.3, 0.4) is 0 Å². The summed E-state index contributed by atoms with van der Waals surface area (Å²) < 4.78 is 0. The van der Waals surface area contributed by atoms with Crippen LogP contribution in [0.4, 0.5) is 0 Å². The summed E-state index contributed by atoms with van der Waals surface area (Å²) in [5.41, 5.74) is 6.65. The third-order valence-corrected chi connectivity index (χ3v) is 4.71. The van der Waals surface area contributed by atoms with Crippen LogP contribution < -0.4 is 0 Å². The van der Waals surface area contributed by atoms with Crippen LogP contribution in [0.15, 0.2) is 36.4 Å². The fraction of sp³-hybridized carbons (Fsp3) is 0.458. The van der Waals surface area contributed by atoms with E-state index in [2.05, 4.69) is 58.9 Å². The van der Waals surface area contributed by atoms with E-state index in [-0.39, 0.29) is 6.61 Å². The standard InChI is InChI=1S/C24H33NO/c1-6-7-8-9-12-19-15-22(21-14-11-10-13-20(21)16-26)24(18(4)5)25-23(19)17(2)3/h9-15,17-18,26H,6-8,16H2,1-5H3/b12-9+. The third kappa shape index (κ3) is 4.82. The highest BCUT2D eigenvalue weighted by molar-refractivity contribution is 5.73. The quantitative estimate of drug-likeness (QED) is 0.537. The third-order valence-electron chi connectivity index (χ3n) is 4.71. The highest BCUT2D eigenvalue weighted by Gasteiger charge is 2.18. The Hall–Kier alpha value is -1.93. The van der Waals surface area contributed by atoms with Gasteiger partial charge in [-0.05, 0) is 41.0 Å². The lowest BCUT2D eigenvalue weighted by atomic mass is 9.90. The number of hydrogen-bond acceptors (Lipinski definition) is 2. The van der Waals surface area contributed by atoms with Crippen LogP contribution in [-0.4, -0.2) is 10.1 Å². The predicted molar refractivity (Wildman–Crippen MR) is 112 cm³/mol. The Balaban J connectivity index is 2.63. The van der Waals surface area contributed by atoms with E-state index >= 15 is 0 Å². The van der Waals surface area contributed by atoms with Crippen molar-refractivity contribution in [2.75, 3.05) is 0 Å². The van der Waals surface area contributed by atoms with Crippen LogP contribution in [0.1, 0.15) is 88.2 Å². The van der Waals surface area contributed by atoms with Gasteiger partial charge in [-0.1, -0.05) is 83.9 Å². The molecule has 26 heavy (non-hydrogen) atoms. The molecular formula is C24H33NO. The van der Waals surface area contributed by atoms with E-state index in [1.165, 1.54) is 18.4 Å². The van der Waals surface area contributed by atoms with E-state index in [9.17, 15) is 5.11 Å². The van der Waals surface area contributed by atoms with Gasteiger partial charge in [-0.25, -0.2) is 0 Å². The van der Waals surface area contributed by atoms with E-state index in [1.807, 2.05) is 18.2 Å². The van der Waals surface area contributed by atoms with E-state index in [0.717, 1.165) is 34.5 Å². The Bertz CT molecular complexity index is 744. The van der Waals surface area contributed by atoms with Crippen molar-refractivity contribution in [3.8, 4) is 11.1 Å². The van der Waals surface area contributed by atoms with Crippen molar-refractivity contribution < 1.29 is 5.11 Å². The molecule has 1 heterocycles. The van der Waals surface area contributed by atoms with Crippen molar-refractivity contribution in [1.82, 2.24) is 4.98 Å². The highest BCUT2D eigenvalue weighted by atomic mass is 16.3. The molecule has 0 aliphatic heterocycles. The SMILES string of the molecule is CCCC/C=C/c1cc(-c2ccccc2CO)c(C(C)C)nc1C(C)C. The van der Waals surface area contributed by atoms with Gasteiger partial charge in [0.15, 0.2) is 0 Å². The molecule has 0 fully saturated rings. The second-order valence-electron chi connectivity index (χ2n) is 7.56. The molecule has 1 aromatic heterocycles. The maximum Gasteiger partial charge on any atom is 0.0687 e. The van der Waals surface area contributed by atoms with E-state index < -0.39 is 0 Å². The summed E-state index contributed by atoms with van der Waals surface area (Å²) in [5.74, 6) is 0.702. The van der Waals surface area contributed by atoms with E-state index in [4.69, 9.17) is 4.98 Å². The Kier molecular flexibility index (Phi) is 7.59. The van der Waals surface area contributed by atoms with Gasteiger partial charge in [0.25, 0.3) is 0 Å². The largest absolute Gasteiger partial charge is 0.392 e. The average Bonchev–Trinajstić information content (AvgIpc) is 2.64. The monoisotopic (exact) mass is 351 g/mol. The molecule has 2 heteroatoms. The molecule has 0 spiro atoms. The maximum atomic E-state index is 9.79. The zero-order valence-corrected chi connectivity index (χ0v) is 16.9. The van der Waals surface area contributed by atoms with Gasteiger partial charge in [0.1, 0.15) is 0 Å². The molecule has 0 bridgehead atoms. The topological polar surface area (TPSA) is 33.1 Å². The predicted octanol–water partition coefficient (Wildman–Crippen LogP) is 6.69.